The van der Waals surface area contributed by atoms with E-state index in [4.69, 9.17) is 9.47 Å². The van der Waals surface area contributed by atoms with Crippen LogP contribution in [0.25, 0.3) is 0 Å². The summed E-state index contributed by atoms with van der Waals surface area (Å²) in [6.07, 6.45) is 0.734. The van der Waals surface area contributed by atoms with Crippen molar-refractivity contribution in [3.05, 3.63) is 83.4 Å². The number of hydrogen-bond donors (Lipinski definition) is 2. The molecule has 2 N–H and O–H groups in total. The first-order valence-electron chi connectivity index (χ1n) is 9.54. The molecule has 0 aromatic heterocycles. The van der Waals surface area contributed by atoms with Crippen molar-refractivity contribution in [3.8, 4) is 11.5 Å². The maximum absolute atomic E-state index is 12.1. The smallest absolute Gasteiger partial charge is 0.417 e. The number of amides is 2. The van der Waals surface area contributed by atoms with Crippen molar-refractivity contribution in [2.75, 3.05) is 17.7 Å². The molecule has 3 rings (SSSR count). The lowest BCUT2D eigenvalue weighted by atomic mass is 10.0. The number of benzene rings is 3. The lowest BCUT2D eigenvalue weighted by Crippen LogP contribution is -2.16. The highest BCUT2D eigenvalue weighted by atomic mass is 16.6. The van der Waals surface area contributed by atoms with Crippen molar-refractivity contribution in [3.63, 3.8) is 0 Å². The molecule has 0 unspecified atom stereocenters. The predicted molar refractivity (Wildman–Crippen MR) is 118 cm³/mol. The van der Waals surface area contributed by atoms with Crippen LogP contribution in [0.5, 0.6) is 11.5 Å². The monoisotopic (exact) mass is 418 g/mol. The van der Waals surface area contributed by atoms with E-state index in [0.717, 1.165) is 16.8 Å². The van der Waals surface area contributed by atoms with E-state index in [1.54, 1.807) is 12.1 Å². The molecule has 0 saturated carbocycles. The third-order valence-electron chi connectivity index (χ3n) is 4.43. The number of methoxy groups -OCH3 is 1. The fourth-order valence-electron chi connectivity index (χ4n) is 2.95. The lowest BCUT2D eigenvalue weighted by Gasteiger charge is -2.10. The van der Waals surface area contributed by atoms with Gasteiger partial charge in [0.15, 0.2) is 6.29 Å². The standard InChI is InChI=1S/C24H22N2O5/c1-16(28)25-20-8-3-17(4-9-20)13-18-5-10-21(11-6-18)26-24(29)31-22-12-7-19(15-27)23(14-22)30-2/h3-12,14-15H,13H2,1-2H3,(H,25,28)(H,26,29). The van der Waals surface area contributed by atoms with Crippen molar-refractivity contribution >= 4 is 29.7 Å². The first kappa shape index (κ1) is 21.6. The van der Waals surface area contributed by atoms with Gasteiger partial charge in [-0.3, -0.25) is 14.9 Å². The van der Waals surface area contributed by atoms with Gasteiger partial charge in [-0.2, -0.15) is 0 Å². The van der Waals surface area contributed by atoms with Gasteiger partial charge >= 0.3 is 6.09 Å². The molecule has 0 heterocycles. The van der Waals surface area contributed by atoms with Gasteiger partial charge in [0, 0.05) is 24.4 Å². The van der Waals surface area contributed by atoms with Crippen LogP contribution in [-0.4, -0.2) is 25.4 Å². The van der Waals surface area contributed by atoms with Crippen LogP contribution in [0.4, 0.5) is 16.2 Å². The average Bonchev–Trinajstić information content (AvgIpc) is 2.76. The van der Waals surface area contributed by atoms with Crippen LogP contribution >= 0.6 is 0 Å². The summed E-state index contributed by atoms with van der Waals surface area (Å²) in [6.45, 7) is 1.47. The van der Waals surface area contributed by atoms with Gasteiger partial charge in [0.05, 0.1) is 12.7 Å². The molecule has 0 aliphatic rings. The maximum Gasteiger partial charge on any atom is 0.417 e. The Morgan fingerprint density at radius 2 is 1.45 bits per heavy atom. The van der Waals surface area contributed by atoms with Gasteiger partial charge in [-0.05, 0) is 53.9 Å². The summed E-state index contributed by atoms with van der Waals surface area (Å²) in [6, 6.07) is 19.6. The summed E-state index contributed by atoms with van der Waals surface area (Å²) < 4.78 is 10.3. The summed E-state index contributed by atoms with van der Waals surface area (Å²) in [7, 11) is 1.44. The third-order valence-corrected chi connectivity index (χ3v) is 4.43. The molecule has 0 spiro atoms. The number of anilines is 2. The lowest BCUT2D eigenvalue weighted by molar-refractivity contribution is -0.114. The van der Waals surface area contributed by atoms with E-state index in [0.29, 0.717) is 29.7 Å². The van der Waals surface area contributed by atoms with Gasteiger partial charge in [-0.15, -0.1) is 0 Å². The molecular weight excluding hydrogens is 396 g/mol. The second kappa shape index (κ2) is 10.1. The Kier molecular flexibility index (Phi) is 7.01. The Hall–Kier alpha value is -4.13. The molecule has 7 heteroatoms. The summed E-state index contributed by atoms with van der Waals surface area (Å²) in [4.78, 5) is 34.2. The molecule has 31 heavy (non-hydrogen) atoms. The van der Waals surface area contributed by atoms with Crippen molar-refractivity contribution in [1.29, 1.82) is 0 Å². The molecule has 158 valence electrons. The molecular formula is C24H22N2O5. The quantitative estimate of drug-likeness (QED) is 0.544. The van der Waals surface area contributed by atoms with Crippen molar-refractivity contribution in [2.45, 2.75) is 13.3 Å². The van der Waals surface area contributed by atoms with Gasteiger partial charge in [0.25, 0.3) is 0 Å². The van der Waals surface area contributed by atoms with Gasteiger partial charge < -0.3 is 14.8 Å². The zero-order valence-corrected chi connectivity index (χ0v) is 17.2. The second-order valence-corrected chi connectivity index (χ2v) is 6.79. The minimum Gasteiger partial charge on any atom is -0.496 e. The number of rotatable bonds is 7. The molecule has 0 radical (unpaired) electrons. The zero-order chi connectivity index (χ0) is 22.2. The number of carbonyl (C=O) groups excluding carboxylic acids is 3. The molecule has 0 aliphatic heterocycles. The van der Waals surface area contributed by atoms with Crippen LogP contribution in [-0.2, 0) is 11.2 Å². The molecule has 3 aromatic carbocycles. The number of carbonyl (C=O) groups is 3. The molecule has 0 bridgehead atoms. The highest BCUT2D eigenvalue weighted by molar-refractivity contribution is 5.88. The van der Waals surface area contributed by atoms with E-state index in [1.807, 2.05) is 36.4 Å². The number of ether oxygens (including phenoxy) is 2. The minimum atomic E-state index is -0.651. The van der Waals surface area contributed by atoms with Crippen LogP contribution < -0.4 is 20.1 Å². The SMILES string of the molecule is COc1cc(OC(=O)Nc2ccc(Cc3ccc(NC(C)=O)cc3)cc2)ccc1C=O. The Morgan fingerprint density at radius 1 is 0.871 bits per heavy atom. The van der Waals surface area contributed by atoms with Crippen LogP contribution in [0.1, 0.15) is 28.4 Å². The predicted octanol–water partition coefficient (Wildman–Crippen LogP) is 4.67. The van der Waals surface area contributed by atoms with Crippen LogP contribution in [0.2, 0.25) is 0 Å². The number of nitrogens with one attached hydrogen (secondary N) is 2. The first-order chi connectivity index (χ1) is 15.0. The summed E-state index contributed by atoms with van der Waals surface area (Å²) in [5.41, 5.74) is 3.89. The fraction of sp³-hybridized carbons (Fsp3) is 0.125. The normalized spacial score (nSPS) is 10.1. The molecule has 0 saturated heterocycles. The highest BCUT2D eigenvalue weighted by Gasteiger charge is 2.09. The largest absolute Gasteiger partial charge is 0.496 e. The van der Waals surface area contributed by atoms with E-state index in [9.17, 15) is 14.4 Å². The first-order valence-corrected chi connectivity index (χ1v) is 9.54. The Labute approximate surface area is 180 Å². The molecule has 0 fully saturated rings. The van der Waals surface area contributed by atoms with Crippen LogP contribution in [0, 0.1) is 0 Å². The van der Waals surface area contributed by atoms with Gasteiger partial charge in [0.2, 0.25) is 5.91 Å². The van der Waals surface area contributed by atoms with Gasteiger partial charge in [0.1, 0.15) is 11.5 Å². The molecule has 2 amide bonds. The third kappa shape index (κ3) is 6.17. The summed E-state index contributed by atoms with van der Waals surface area (Å²) in [5.74, 6) is 0.487. The van der Waals surface area contributed by atoms with Crippen LogP contribution in [0.15, 0.2) is 66.7 Å². The van der Waals surface area contributed by atoms with Crippen LogP contribution in [0.3, 0.4) is 0 Å². The van der Waals surface area contributed by atoms with E-state index < -0.39 is 6.09 Å². The van der Waals surface area contributed by atoms with Crippen molar-refractivity contribution < 1.29 is 23.9 Å². The molecule has 3 aromatic rings. The van der Waals surface area contributed by atoms with E-state index in [-0.39, 0.29) is 11.7 Å². The second-order valence-electron chi connectivity index (χ2n) is 6.79. The number of hydrogen-bond acceptors (Lipinski definition) is 5. The zero-order valence-electron chi connectivity index (χ0n) is 17.2. The van der Waals surface area contributed by atoms with Gasteiger partial charge in [-0.25, -0.2) is 4.79 Å². The van der Waals surface area contributed by atoms with E-state index in [2.05, 4.69) is 10.6 Å². The average molecular weight is 418 g/mol. The highest BCUT2D eigenvalue weighted by Crippen LogP contribution is 2.24. The van der Waals surface area contributed by atoms with E-state index in [1.165, 1.54) is 32.2 Å². The fourth-order valence-corrected chi connectivity index (χ4v) is 2.95. The van der Waals surface area contributed by atoms with Crippen molar-refractivity contribution in [2.24, 2.45) is 0 Å². The Morgan fingerprint density at radius 3 is 1.97 bits per heavy atom. The number of aldehydes is 1. The van der Waals surface area contributed by atoms with E-state index >= 15 is 0 Å². The Balaban J connectivity index is 1.57. The summed E-state index contributed by atoms with van der Waals surface area (Å²) in [5, 5.41) is 5.40. The minimum absolute atomic E-state index is 0.105. The molecule has 0 atom stereocenters. The summed E-state index contributed by atoms with van der Waals surface area (Å²) >= 11 is 0. The Bertz CT molecular complexity index is 1080. The molecule has 0 aliphatic carbocycles. The van der Waals surface area contributed by atoms with Gasteiger partial charge in [-0.1, -0.05) is 24.3 Å². The topological polar surface area (TPSA) is 93.7 Å². The van der Waals surface area contributed by atoms with Crippen molar-refractivity contribution in [1.82, 2.24) is 0 Å². The molecule has 7 nitrogen and oxygen atoms in total. The maximum atomic E-state index is 12.1.